The molecule has 0 N–H and O–H groups in total. The predicted molar refractivity (Wildman–Crippen MR) is 74.4 cm³/mol. The highest BCUT2D eigenvalue weighted by atomic mass is 15.3. The van der Waals surface area contributed by atoms with E-state index in [0.717, 1.165) is 6.04 Å². The van der Waals surface area contributed by atoms with Gasteiger partial charge in [-0.2, -0.15) is 0 Å². The molecule has 2 nitrogen and oxygen atoms in total. The Balaban J connectivity index is 1.92. The lowest BCUT2D eigenvalue weighted by molar-refractivity contribution is -0.0285. The van der Waals surface area contributed by atoms with Crippen LogP contribution in [0.1, 0.15) is 60.3 Å². The van der Waals surface area contributed by atoms with Gasteiger partial charge >= 0.3 is 0 Å². The van der Waals surface area contributed by atoms with Crippen molar-refractivity contribution in [3.05, 3.63) is 0 Å². The van der Waals surface area contributed by atoms with Crippen LogP contribution >= 0.6 is 0 Å². The molecule has 0 amide bonds. The Labute approximate surface area is 107 Å². The molecular weight excluding hydrogens is 208 g/mol. The Morgan fingerprint density at radius 1 is 0.941 bits per heavy atom. The average Bonchev–Trinajstić information content (AvgIpc) is 2.62. The highest BCUT2D eigenvalue weighted by Crippen LogP contribution is 2.35. The summed E-state index contributed by atoms with van der Waals surface area (Å²) < 4.78 is 0. The molecule has 2 heteroatoms. The third kappa shape index (κ3) is 2.85. The van der Waals surface area contributed by atoms with E-state index in [9.17, 15) is 0 Å². The molecular formula is C15H30N2. The highest BCUT2D eigenvalue weighted by molar-refractivity contribution is 4.97. The van der Waals surface area contributed by atoms with Crippen LogP contribution in [0.4, 0.5) is 0 Å². The normalized spacial score (nSPS) is 28.4. The molecule has 1 unspecified atom stereocenters. The second kappa shape index (κ2) is 4.55. The van der Waals surface area contributed by atoms with Crippen molar-refractivity contribution in [3.63, 3.8) is 0 Å². The molecule has 0 radical (unpaired) electrons. The first-order valence-corrected chi connectivity index (χ1v) is 7.32. The molecule has 2 fully saturated rings. The minimum atomic E-state index is 0.351. The van der Waals surface area contributed by atoms with Crippen LogP contribution in [0.2, 0.25) is 0 Å². The summed E-state index contributed by atoms with van der Waals surface area (Å²) in [5, 5.41) is 0. The van der Waals surface area contributed by atoms with Gasteiger partial charge in [-0.05, 0) is 73.4 Å². The molecule has 2 rings (SSSR count). The van der Waals surface area contributed by atoms with E-state index in [1.807, 2.05) is 0 Å². The van der Waals surface area contributed by atoms with Gasteiger partial charge in [0.2, 0.25) is 0 Å². The predicted octanol–water partition coefficient (Wildman–Crippen LogP) is 3.12. The lowest BCUT2D eigenvalue weighted by Gasteiger charge is -2.53. The number of hydrogen-bond acceptors (Lipinski definition) is 2. The van der Waals surface area contributed by atoms with Crippen LogP contribution in [0.15, 0.2) is 0 Å². The quantitative estimate of drug-likeness (QED) is 0.745. The Hall–Kier alpha value is -0.0800. The van der Waals surface area contributed by atoms with Crippen LogP contribution in [-0.2, 0) is 0 Å². The van der Waals surface area contributed by atoms with E-state index in [2.05, 4.69) is 44.4 Å². The van der Waals surface area contributed by atoms with Gasteiger partial charge in [0.15, 0.2) is 0 Å². The molecule has 100 valence electrons. The Morgan fingerprint density at radius 3 is 1.94 bits per heavy atom. The molecule has 0 bridgehead atoms. The largest absolute Gasteiger partial charge is 0.298 e. The van der Waals surface area contributed by atoms with E-state index < -0.39 is 0 Å². The van der Waals surface area contributed by atoms with Crippen molar-refractivity contribution < 1.29 is 0 Å². The summed E-state index contributed by atoms with van der Waals surface area (Å²) in [4.78, 5) is 5.39. The fraction of sp³-hybridized carbons (Fsp3) is 1.00. The van der Waals surface area contributed by atoms with E-state index in [1.165, 1.54) is 45.3 Å². The third-order valence-electron chi connectivity index (χ3n) is 4.70. The lowest BCUT2D eigenvalue weighted by Crippen LogP contribution is -2.60. The zero-order valence-electron chi connectivity index (χ0n) is 12.4. The van der Waals surface area contributed by atoms with E-state index in [4.69, 9.17) is 0 Å². The zero-order valence-corrected chi connectivity index (χ0v) is 12.4. The Kier molecular flexibility index (Phi) is 3.57. The summed E-state index contributed by atoms with van der Waals surface area (Å²) in [5.74, 6) is 0. The van der Waals surface area contributed by atoms with Gasteiger partial charge in [-0.15, -0.1) is 0 Å². The van der Waals surface area contributed by atoms with E-state index in [1.54, 1.807) is 0 Å². The second-order valence-electron chi connectivity index (χ2n) is 7.52. The van der Waals surface area contributed by atoms with Gasteiger partial charge in [-0.1, -0.05) is 0 Å². The fourth-order valence-corrected chi connectivity index (χ4v) is 3.56. The minimum Gasteiger partial charge on any atom is -0.298 e. The van der Waals surface area contributed by atoms with Gasteiger partial charge in [-0.3, -0.25) is 9.80 Å². The molecule has 0 saturated carbocycles. The summed E-state index contributed by atoms with van der Waals surface area (Å²) in [6, 6.07) is 0.811. The highest BCUT2D eigenvalue weighted by Gasteiger charge is 2.40. The van der Waals surface area contributed by atoms with Gasteiger partial charge < -0.3 is 0 Å². The summed E-state index contributed by atoms with van der Waals surface area (Å²) in [7, 11) is 0. The number of nitrogens with zero attached hydrogens (tertiary/aromatic N) is 2. The fourth-order valence-electron chi connectivity index (χ4n) is 3.56. The maximum absolute atomic E-state index is 2.70. The average molecular weight is 238 g/mol. The SMILES string of the molecule is CC(C)(C)N1CCC1CC(C)(C)N1CCCC1. The van der Waals surface area contributed by atoms with E-state index in [0.29, 0.717) is 11.1 Å². The van der Waals surface area contributed by atoms with Crippen LogP contribution in [-0.4, -0.2) is 46.6 Å². The Bertz CT molecular complexity index is 259. The second-order valence-corrected chi connectivity index (χ2v) is 7.52. The molecule has 2 aliphatic rings. The standard InChI is InChI=1S/C15H30N2/c1-14(2,3)17-11-8-13(17)12-15(4,5)16-9-6-7-10-16/h13H,6-12H2,1-5H3. The van der Waals surface area contributed by atoms with Crippen molar-refractivity contribution in [2.24, 2.45) is 0 Å². The summed E-state index contributed by atoms with van der Waals surface area (Å²) in [6.07, 6.45) is 5.53. The van der Waals surface area contributed by atoms with E-state index >= 15 is 0 Å². The third-order valence-corrected chi connectivity index (χ3v) is 4.70. The van der Waals surface area contributed by atoms with Crippen LogP contribution in [0, 0.1) is 0 Å². The monoisotopic (exact) mass is 238 g/mol. The van der Waals surface area contributed by atoms with Crippen molar-refractivity contribution in [3.8, 4) is 0 Å². The molecule has 0 aromatic rings. The first-order chi connectivity index (χ1) is 7.81. The summed E-state index contributed by atoms with van der Waals surface area (Å²) in [6.45, 7) is 15.9. The minimum absolute atomic E-state index is 0.351. The van der Waals surface area contributed by atoms with Crippen LogP contribution in [0.5, 0.6) is 0 Å². The number of hydrogen-bond donors (Lipinski definition) is 0. The molecule has 1 atom stereocenters. The molecule has 0 spiro atoms. The van der Waals surface area contributed by atoms with Crippen LogP contribution < -0.4 is 0 Å². The van der Waals surface area contributed by atoms with Crippen LogP contribution in [0.25, 0.3) is 0 Å². The molecule has 0 aromatic carbocycles. The molecule has 2 heterocycles. The van der Waals surface area contributed by atoms with Crippen molar-refractivity contribution in [1.82, 2.24) is 9.80 Å². The lowest BCUT2D eigenvalue weighted by atomic mass is 9.84. The van der Waals surface area contributed by atoms with Gasteiger partial charge in [0.25, 0.3) is 0 Å². The smallest absolute Gasteiger partial charge is 0.0168 e. The summed E-state index contributed by atoms with van der Waals surface area (Å²) in [5.41, 5.74) is 0.745. The molecule has 17 heavy (non-hydrogen) atoms. The maximum Gasteiger partial charge on any atom is 0.0168 e. The first kappa shape index (κ1) is 13.4. The molecule has 2 saturated heterocycles. The zero-order chi connectivity index (χ0) is 12.7. The topological polar surface area (TPSA) is 6.48 Å². The van der Waals surface area contributed by atoms with Crippen molar-refractivity contribution in [1.29, 1.82) is 0 Å². The van der Waals surface area contributed by atoms with Crippen molar-refractivity contribution in [2.45, 2.75) is 77.4 Å². The van der Waals surface area contributed by atoms with E-state index in [-0.39, 0.29) is 0 Å². The maximum atomic E-state index is 2.70. The number of likely N-dealkylation sites (tertiary alicyclic amines) is 2. The molecule has 2 aliphatic heterocycles. The Morgan fingerprint density at radius 2 is 1.53 bits per heavy atom. The van der Waals surface area contributed by atoms with Gasteiger partial charge in [0, 0.05) is 23.7 Å². The summed E-state index contributed by atoms with van der Waals surface area (Å²) >= 11 is 0. The van der Waals surface area contributed by atoms with Crippen LogP contribution in [0.3, 0.4) is 0 Å². The number of rotatable bonds is 3. The van der Waals surface area contributed by atoms with Crippen molar-refractivity contribution >= 4 is 0 Å². The van der Waals surface area contributed by atoms with Crippen molar-refractivity contribution in [2.75, 3.05) is 19.6 Å². The van der Waals surface area contributed by atoms with Gasteiger partial charge in [0.05, 0.1) is 0 Å². The van der Waals surface area contributed by atoms with Gasteiger partial charge in [0.1, 0.15) is 0 Å². The van der Waals surface area contributed by atoms with Gasteiger partial charge in [-0.25, -0.2) is 0 Å². The molecule has 0 aromatic heterocycles. The molecule has 0 aliphatic carbocycles. The first-order valence-electron chi connectivity index (χ1n) is 7.32.